The first-order valence-corrected chi connectivity index (χ1v) is 6.07. The van der Waals surface area contributed by atoms with E-state index in [-0.39, 0.29) is 30.9 Å². The number of hydrogen-bond acceptors (Lipinski definition) is 5. The Morgan fingerprint density at radius 2 is 1.95 bits per heavy atom. The zero-order valence-electron chi connectivity index (χ0n) is 11.3. The number of amides is 5. The zero-order chi connectivity index (χ0) is 14.2. The van der Waals surface area contributed by atoms with E-state index < -0.39 is 17.8 Å². The summed E-state index contributed by atoms with van der Waals surface area (Å²) in [4.78, 5) is 49.7. The van der Waals surface area contributed by atoms with Crippen molar-refractivity contribution in [2.24, 2.45) is 0 Å². The number of imide groups is 2. The van der Waals surface area contributed by atoms with Gasteiger partial charge in [-0.25, -0.2) is 9.69 Å². The molecule has 5 amide bonds. The lowest BCUT2D eigenvalue weighted by atomic mass is 10.2. The van der Waals surface area contributed by atoms with Crippen molar-refractivity contribution in [3.05, 3.63) is 0 Å². The van der Waals surface area contributed by atoms with Crippen LogP contribution in [0.5, 0.6) is 0 Å². The van der Waals surface area contributed by atoms with Crippen LogP contribution >= 0.6 is 12.4 Å². The minimum absolute atomic E-state index is 0. The molecule has 2 rings (SSSR count). The number of halogens is 1. The van der Waals surface area contributed by atoms with Gasteiger partial charge in [-0.2, -0.15) is 0 Å². The molecule has 2 saturated heterocycles. The second-order valence-corrected chi connectivity index (χ2v) is 4.68. The van der Waals surface area contributed by atoms with Crippen LogP contribution in [0.3, 0.4) is 0 Å². The Morgan fingerprint density at radius 3 is 2.45 bits per heavy atom. The number of carbonyl (C=O) groups excluding carboxylic acids is 4. The number of nitrogens with zero attached hydrogens (tertiary/aromatic N) is 3. The van der Waals surface area contributed by atoms with E-state index in [2.05, 4.69) is 5.32 Å². The van der Waals surface area contributed by atoms with Gasteiger partial charge >= 0.3 is 17.8 Å². The lowest BCUT2D eigenvalue weighted by Crippen LogP contribution is -2.55. The number of likely N-dealkylation sites (N-methyl/N-ethyl adjacent to an activating group) is 1. The van der Waals surface area contributed by atoms with Crippen LogP contribution in [-0.2, 0) is 14.4 Å². The summed E-state index contributed by atoms with van der Waals surface area (Å²) in [6.07, 6.45) is 0. The summed E-state index contributed by atoms with van der Waals surface area (Å²) in [5.74, 6) is -2.16. The third-order valence-electron chi connectivity index (χ3n) is 3.37. The number of carbonyl (C=O) groups is 4. The van der Waals surface area contributed by atoms with E-state index in [1.807, 2.05) is 6.92 Å². The monoisotopic (exact) mass is 304 g/mol. The second kappa shape index (κ2) is 6.19. The van der Waals surface area contributed by atoms with Crippen LogP contribution < -0.4 is 5.32 Å². The van der Waals surface area contributed by atoms with Crippen molar-refractivity contribution in [1.82, 2.24) is 20.0 Å². The Balaban J connectivity index is 0.00000200. The zero-order valence-corrected chi connectivity index (χ0v) is 12.1. The Bertz CT molecular complexity index is 456. The second-order valence-electron chi connectivity index (χ2n) is 4.68. The van der Waals surface area contributed by atoms with Gasteiger partial charge in [0.1, 0.15) is 6.54 Å². The predicted octanol–water partition coefficient (Wildman–Crippen LogP) is -1.35. The van der Waals surface area contributed by atoms with Gasteiger partial charge in [-0.15, -0.1) is 12.4 Å². The van der Waals surface area contributed by atoms with Crippen molar-refractivity contribution in [1.29, 1.82) is 0 Å². The summed E-state index contributed by atoms with van der Waals surface area (Å²) < 4.78 is 0. The molecule has 0 radical (unpaired) electrons. The van der Waals surface area contributed by atoms with Crippen LogP contribution in [0.25, 0.3) is 0 Å². The minimum atomic E-state index is -0.941. The van der Waals surface area contributed by atoms with Gasteiger partial charge < -0.3 is 10.2 Å². The third-order valence-corrected chi connectivity index (χ3v) is 3.37. The third kappa shape index (κ3) is 2.75. The van der Waals surface area contributed by atoms with E-state index in [1.165, 1.54) is 7.05 Å². The Kier molecular flexibility index (Phi) is 5.07. The van der Waals surface area contributed by atoms with E-state index in [0.717, 1.165) is 4.90 Å². The van der Waals surface area contributed by atoms with E-state index >= 15 is 0 Å². The summed E-state index contributed by atoms with van der Waals surface area (Å²) in [5, 5.41) is 3.14. The average molecular weight is 305 g/mol. The Labute approximate surface area is 122 Å². The molecule has 0 aromatic carbocycles. The van der Waals surface area contributed by atoms with Crippen molar-refractivity contribution in [3.63, 3.8) is 0 Å². The van der Waals surface area contributed by atoms with Crippen molar-refractivity contribution in [2.75, 3.05) is 33.2 Å². The number of rotatable bonds is 2. The molecule has 0 aromatic rings. The summed E-state index contributed by atoms with van der Waals surface area (Å²) in [6, 6.07) is -0.742. The van der Waals surface area contributed by atoms with Crippen LogP contribution in [0.4, 0.5) is 4.79 Å². The van der Waals surface area contributed by atoms with Crippen LogP contribution in [0.1, 0.15) is 6.92 Å². The summed E-state index contributed by atoms with van der Waals surface area (Å²) in [7, 11) is 1.22. The molecule has 20 heavy (non-hydrogen) atoms. The quantitative estimate of drug-likeness (QED) is 0.503. The maximum absolute atomic E-state index is 12.1. The van der Waals surface area contributed by atoms with Crippen LogP contribution in [0, 0.1) is 0 Å². The van der Waals surface area contributed by atoms with Crippen molar-refractivity contribution in [3.8, 4) is 0 Å². The maximum Gasteiger partial charge on any atom is 0.334 e. The lowest BCUT2D eigenvalue weighted by Gasteiger charge is -2.34. The number of urea groups is 1. The molecule has 9 heteroatoms. The van der Waals surface area contributed by atoms with Crippen molar-refractivity contribution >= 4 is 36.2 Å². The molecule has 1 N–H and O–H groups in total. The highest BCUT2D eigenvalue weighted by molar-refractivity contribution is 6.44. The fraction of sp³-hybridized carbons (Fsp3) is 0.636. The molecule has 0 unspecified atom stereocenters. The standard InChI is InChI=1S/C11H16N4O4.ClH/c1-7-5-12-3-4-14(7)8(16)6-15-10(18)9(17)13(2)11(15)19;/h7,12H,3-6H2,1-2H3;1H/t7-;/m1./s1. The smallest absolute Gasteiger partial charge is 0.334 e. The van der Waals surface area contributed by atoms with E-state index in [0.29, 0.717) is 24.5 Å². The molecule has 8 nitrogen and oxygen atoms in total. The normalized spacial score (nSPS) is 23.2. The molecule has 2 aliphatic rings. The topological polar surface area (TPSA) is 90.0 Å². The maximum atomic E-state index is 12.1. The predicted molar refractivity (Wildman–Crippen MR) is 71.2 cm³/mol. The fourth-order valence-electron chi connectivity index (χ4n) is 2.19. The number of hydrogen-bond donors (Lipinski definition) is 1. The van der Waals surface area contributed by atoms with Crippen LogP contribution in [0.2, 0.25) is 0 Å². The highest BCUT2D eigenvalue weighted by Crippen LogP contribution is 2.11. The fourth-order valence-corrected chi connectivity index (χ4v) is 2.19. The molecule has 2 heterocycles. The molecular weight excluding hydrogens is 288 g/mol. The van der Waals surface area contributed by atoms with Gasteiger partial charge in [0.25, 0.3) is 0 Å². The highest BCUT2D eigenvalue weighted by atomic mass is 35.5. The first-order valence-electron chi connectivity index (χ1n) is 6.07. The Morgan fingerprint density at radius 1 is 1.30 bits per heavy atom. The SMILES string of the molecule is C[C@@H]1CNCCN1C(=O)CN1C(=O)C(=O)N(C)C1=O.Cl. The molecule has 0 aliphatic carbocycles. The molecule has 0 aromatic heterocycles. The first-order chi connectivity index (χ1) is 8.93. The van der Waals surface area contributed by atoms with E-state index in [4.69, 9.17) is 0 Å². The summed E-state index contributed by atoms with van der Waals surface area (Å²) >= 11 is 0. The van der Waals surface area contributed by atoms with Gasteiger partial charge in [-0.1, -0.05) is 0 Å². The van der Waals surface area contributed by atoms with E-state index in [1.54, 1.807) is 4.90 Å². The molecule has 0 spiro atoms. The average Bonchev–Trinajstić information content (AvgIpc) is 2.57. The van der Waals surface area contributed by atoms with Crippen molar-refractivity contribution < 1.29 is 19.2 Å². The number of piperazine rings is 1. The molecule has 2 aliphatic heterocycles. The van der Waals surface area contributed by atoms with Gasteiger partial charge in [0, 0.05) is 32.7 Å². The highest BCUT2D eigenvalue weighted by Gasteiger charge is 2.43. The minimum Gasteiger partial charge on any atom is -0.336 e. The lowest BCUT2D eigenvalue weighted by molar-refractivity contribution is -0.145. The molecule has 2 fully saturated rings. The molecule has 0 bridgehead atoms. The summed E-state index contributed by atoms with van der Waals surface area (Å²) in [5.41, 5.74) is 0. The largest absolute Gasteiger partial charge is 0.336 e. The van der Waals surface area contributed by atoms with Crippen LogP contribution in [0.15, 0.2) is 0 Å². The molecule has 1 atom stereocenters. The summed E-state index contributed by atoms with van der Waals surface area (Å²) in [6.45, 7) is 3.39. The molecular formula is C11H17ClN4O4. The van der Waals surface area contributed by atoms with Crippen LogP contribution in [-0.4, -0.2) is 77.7 Å². The van der Waals surface area contributed by atoms with Gasteiger partial charge in [-0.3, -0.25) is 19.3 Å². The Hall–Kier alpha value is -1.67. The van der Waals surface area contributed by atoms with Gasteiger partial charge in [0.2, 0.25) is 5.91 Å². The molecule has 0 saturated carbocycles. The van der Waals surface area contributed by atoms with E-state index in [9.17, 15) is 19.2 Å². The first kappa shape index (κ1) is 16.4. The van der Waals surface area contributed by atoms with Gasteiger partial charge in [0.15, 0.2) is 0 Å². The van der Waals surface area contributed by atoms with Crippen molar-refractivity contribution in [2.45, 2.75) is 13.0 Å². The van der Waals surface area contributed by atoms with Gasteiger partial charge in [-0.05, 0) is 6.92 Å². The van der Waals surface area contributed by atoms with Gasteiger partial charge in [0.05, 0.1) is 0 Å². The number of nitrogens with one attached hydrogen (secondary N) is 1. The molecule has 112 valence electrons.